The van der Waals surface area contributed by atoms with E-state index in [0.717, 1.165) is 0 Å². The van der Waals surface area contributed by atoms with Crippen LogP contribution in [0.15, 0.2) is 12.7 Å². The van der Waals surface area contributed by atoms with Crippen molar-refractivity contribution in [1.82, 2.24) is 0 Å². The van der Waals surface area contributed by atoms with Crippen LogP contribution < -0.4 is 0 Å². The smallest absolute Gasteiger partial charge is 0.306 e. The fourth-order valence-electron chi connectivity index (χ4n) is 1.32. The van der Waals surface area contributed by atoms with Crippen LogP contribution in [0.25, 0.3) is 0 Å². The minimum Gasteiger partial charge on any atom is -0.481 e. The summed E-state index contributed by atoms with van der Waals surface area (Å²) in [5, 5.41) is 8.39. The van der Waals surface area contributed by atoms with Crippen LogP contribution in [-0.2, 0) is 33.3 Å². The molecule has 0 aromatic rings. The Kier molecular flexibility index (Phi) is 15.8. The molecule has 0 bridgehead atoms. The molecule has 0 saturated heterocycles. The molecule has 0 heterocycles. The van der Waals surface area contributed by atoms with Crippen LogP contribution in [0.2, 0.25) is 0 Å². The lowest BCUT2D eigenvalue weighted by molar-refractivity contribution is -0.149. The number of carbonyl (C=O) groups excluding carboxylic acids is 1. The zero-order valence-electron chi connectivity index (χ0n) is 13.4. The zero-order valence-corrected chi connectivity index (χ0v) is 13.4. The molecule has 0 aliphatic rings. The van der Waals surface area contributed by atoms with Gasteiger partial charge < -0.3 is 28.8 Å². The molecule has 0 amide bonds. The van der Waals surface area contributed by atoms with Crippen molar-refractivity contribution in [2.24, 2.45) is 0 Å². The molecule has 0 aromatic heterocycles. The van der Waals surface area contributed by atoms with E-state index in [1.54, 1.807) is 6.08 Å². The van der Waals surface area contributed by atoms with E-state index in [9.17, 15) is 9.59 Å². The highest BCUT2D eigenvalue weighted by Crippen LogP contribution is 1.93. The normalized spacial score (nSPS) is 10.4. The average Bonchev–Trinajstić information content (AvgIpc) is 2.53. The zero-order chi connectivity index (χ0) is 17.2. The second kappa shape index (κ2) is 16.9. The number of esters is 1. The average molecular weight is 334 g/mol. The summed E-state index contributed by atoms with van der Waals surface area (Å²) < 4.78 is 25.7. The summed E-state index contributed by atoms with van der Waals surface area (Å²) in [7, 11) is 0. The number of carbonyl (C=O) groups is 2. The van der Waals surface area contributed by atoms with E-state index in [2.05, 4.69) is 6.58 Å². The third-order valence-corrected chi connectivity index (χ3v) is 2.39. The third kappa shape index (κ3) is 18.5. The summed E-state index contributed by atoms with van der Waals surface area (Å²) in [6.07, 6.45) is 1.33. The molecule has 0 radical (unpaired) electrons. The highest BCUT2D eigenvalue weighted by atomic mass is 16.6. The number of carboxylic acid groups (broad SMARTS) is 1. The maximum atomic E-state index is 11.1. The Morgan fingerprint density at radius 2 is 1.26 bits per heavy atom. The highest BCUT2D eigenvalue weighted by molar-refractivity contribution is 5.76. The predicted molar refractivity (Wildman–Crippen MR) is 81.3 cm³/mol. The van der Waals surface area contributed by atoms with Gasteiger partial charge in [-0.3, -0.25) is 9.59 Å². The van der Waals surface area contributed by atoms with E-state index >= 15 is 0 Å². The van der Waals surface area contributed by atoms with Crippen LogP contribution in [0.1, 0.15) is 12.8 Å². The molecule has 0 aromatic carbocycles. The van der Waals surface area contributed by atoms with Gasteiger partial charge in [-0.1, -0.05) is 6.08 Å². The number of aliphatic carboxylic acids is 1. The number of ether oxygens (including phenoxy) is 5. The molecule has 8 heteroatoms. The number of hydrogen-bond donors (Lipinski definition) is 1. The van der Waals surface area contributed by atoms with Crippen molar-refractivity contribution >= 4 is 11.9 Å². The molecular formula is C15H26O8. The van der Waals surface area contributed by atoms with Crippen molar-refractivity contribution in [3.8, 4) is 0 Å². The Morgan fingerprint density at radius 3 is 1.74 bits per heavy atom. The predicted octanol–water partition coefficient (Wildman–Crippen LogP) is 0.647. The van der Waals surface area contributed by atoms with Gasteiger partial charge in [-0.25, -0.2) is 0 Å². The Bertz CT molecular complexity index is 319. The van der Waals surface area contributed by atoms with E-state index < -0.39 is 11.9 Å². The van der Waals surface area contributed by atoms with Crippen molar-refractivity contribution < 1.29 is 38.4 Å². The van der Waals surface area contributed by atoms with Gasteiger partial charge >= 0.3 is 11.9 Å². The molecule has 0 spiro atoms. The number of rotatable bonds is 17. The van der Waals surface area contributed by atoms with Gasteiger partial charge in [0.2, 0.25) is 0 Å². The molecule has 0 atom stereocenters. The van der Waals surface area contributed by atoms with Gasteiger partial charge in [-0.15, -0.1) is 6.58 Å². The largest absolute Gasteiger partial charge is 0.481 e. The summed E-state index contributed by atoms with van der Waals surface area (Å²) in [5.41, 5.74) is 0. The van der Waals surface area contributed by atoms with Crippen LogP contribution >= 0.6 is 0 Å². The Labute approximate surface area is 136 Å². The SMILES string of the molecule is C=CCOCCOCCOCCOCCOC(=O)CCC(=O)O. The highest BCUT2D eigenvalue weighted by Gasteiger charge is 2.05. The van der Waals surface area contributed by atoms with Crippen LogP contribution in [0.3, 0.4) is 0 Å². The van der Waals surface area contributed by atoms with Gasteiger partial charge in [0.15, 0.2) is 0 Å². The molecular weight excluding hydrogens is 308 g/mol. The molecule has 0 aliphatic carbocycles. The van der Waals surface area contributed by atoms with Crippen LogP contribution in [0.5, 0.6) is 0 Å². The van der Waals surface area contributed by atoms with Crippen molar-refractivity contribution in [1.29, 1.82) is 0 Å². The van der Waals surface area contributed by atoms with E-state index in [1.165, 1.54) is 0 Å². The third-order valence-electron chi connectivity index (χ3n) is 2.39. The quantitative estimate of drug-likeness (QED) is 0.235. The summed E-state index contributed by atoms with van der Waals surface area (Å²) in [4.78, 5) is 21.3. The van der Waals surface area contributed by atoms with E-state index in [0.29, 0.717) is 46.2 Å². The molecule has 23 heavy (non-hydrogen) atoms. The first-order chi connectivity index (χ1) is 11.2. The van der Waals surface area contributed by atoms with Crippen molar-refractivity contribution in [3.05, 3.63) is 12.7 Å². The minimum atomic E-state index is -1.02. The van der Waals surface area contributed by atoms with Crippen molar-refractivity contribution in [2.75, 3.05) is 59.5 Å². The Balaban J connectivity index is 3.11. The van der Waals surface area contributed by atoms with E-state index in [1.807, 2.05) is 0 Å². The maximum absolute atomic E-state index is 11.1. The lowest BCUT2D eigenvalue weighted by atomic mass is 10.3. The lowest BCUT2D eigenvalue weighted by Crippen LogP contribution is -2.15. The van der Waals surface area contributed by atoms with E-state index in [-0.39, 0.29) is 26.1 Å². The number of carboxylic acids is 1. The molecule has 0 aliphatic heterocycles. The molecule has 8 nitrogen and oxygen atoms in total. The van der Waals surface area contributed by atoms with Crippen LogP contribution in [0, 0.1) is 0 Å². The number of hydrogen-bond acceptors (Lipinski definition) is 7. The van der Waals surface area contributed by atoms with Gasteiger partial charge in [0.1, 0.15) is 6.61 Å². The monoisotopic (exact) mass is 334 g/mol. The first-order valence-electron chi connectivity index (χ1n) is 7.46. The molecule has 134 valence electrons. The van der Waals surface area contributed by atoms with Gasteiger partial charge in [-0.05, 0) is 0 Å². The second-order valence-corrected chi connectivity index (χ2v) is 4.31. The van der Waals surface area contributed by atoms with Crippen molar-refractivity contribution in [3.63, 3.8) is 0 Å². The van der Waals surface area contributed by atoms with E-state index in [4.69, 9.17) is 28.8 Å². The fourth-order valence-corrected chi connectivity index (χ4v) is 1.32. The first-order valence-corrected chi connectivity index (χ1v) is 7.46. The van der Waals surface area contributed by atoms with Gasteiger partial charge in [0.05, 0.1) is 65.7 Å². The van der Waals surface area contributed by atoms with Crippen molar-refractivity contribution in [2.45, 2.75) is 12.8 Å². The fraction of sp³-hybridized carbons (Fsp3) is 0.733. The lowest BCUT2D eigenvalue weighted by Gasteiger charge is -2.07. The molecule has 0 unspecified atom stereocenters. The van der Waals surface area contributed by atoms with Gasteiger partial charge in [0.25, 0.3) is 0 Å². The Morgan fingerprint density at radius 1 is 0.783 bits per heavy atom. The summed E-state index contributed by atoms with van der Waals surface area (Å²) in [5.74, 6) is -1.56. The van der Waals surface area contributed by atoms with Gasteiger partial charge in [-0.2, -0.15) is 0 Å². The maximum Gasteiger partial charge on any atom is 0.306 e. The summed E-state index contributed by atoms with van der Waals surface area (Å²) in [6.45, 7) is 7.21. The van der Waals surface area contributed by atoms with Gasteiger partial charge in [0, 0.05) is 0 Å². The second-order valence-electron chi connectivity index (χ2n) is 4.31. The minimum absolute atomic E-state index is 0.103. The van der Waals surface area contributed by atoms with Crippen LogP contribution in [-0.4, -0.2) is 76.5 Å². The molecule has 1 N–H and O–H groups in total. The molecule has 0 rings (SSSR count). The summed E-state index contributed by atoms with van der Waals surface area (Å²) >= 11 is 0. The standard InChI is InChI=1S/C15H26O8/c1-2-5-19-6-7-20-8-9-21-10-11-22-12-13-23-15(18)4-3-14(16)17/h2H,1,3-13H2,(H,16,17). The Hall–Kier alpha value is -1.48. The molecule has 0 fully saturated rings. The summed E-state index contributed by atoms with van der Waals surface area (Å²) in [6, 6.07) is 0. The topological polar surface area (TPSA) is 101 Å². The molecule has 0 saturated carbocycles. The first kappa shape index (κ1) is 21.5. The van der Waals surface area contributed by atoms with Crippen LogP contribution in [0.4, 0.5) is 0 Å².